The number of benzene rings is 2. The third kappa shape index (κ3) is 2.27. The number of rotatable bonds is 3. The molecule has 0 spiro atoms. The van der Waals surface area contributed by atoms with Crippen molar-refractivity contribution in [2.45, 2.75) is 0 Å². The van der Waals surface area contributed by atoms with Crippen LogP contribution >= 0.6 is 27.3 Å². The molecule has 0 atom stereocenters. The zero-order valence-electron chi connectivity index (χ0n) is 11.0. The second kappa shape index (κ2) is 5.42. The molecule has 0 unspecified atom stereocenters. The Labute approximate surface area is 129 Å². The van der Waals surface area contributed by atoms with Gasteiger partial charge in [-0.15, -0.1) is 11.3 Å². The number of thiazole rings is 1. The first-order chi connectivity index (χ1) is 9.72. The number of halogens is 1. The summed E-state index contributed by atoms with van der Waals surface area (Å²) in [4.78, 5) is 4.67. The van der Waals surface area contributed by atoms with E-state index in [2.05, 4.69) is 20.9 Å². The first-order valence-corrected chi connectivity index (χ1v) is 7.61. The van der Waals surface area contributed by atoms with Gasteiger partial charge in [-0.2, -0.15) is 0 Å². The maximum absolute atomic E-state index is 5.31. The lowest BCUT2D eigenvalue weighted by Crippen LogP contribution is -1.83. The molecular formula is C15H12BrNO2S. The summed E-state index contributed by atoms with van der Waals surface area (Å²) in [5, 5.41) is 0.983. The molecule has 20 heavy (non-hydrogen) atoms. The van der Waals surface area contributed by atoms with Crippen LogP contribution in [0.2, 0.25) is 0 Å². The van der Waals surface area contributed by atoms with E-state index in [0.717, 1.165) is 36.8 Å². The molecule has 0 amide bonds. The van der Waals surface area contributed by atoms with Gasteiger partial charge in [0.2, 0.25) is 0 Å². The topological polar surface area (TPSA) is 31.4 Å². The Hall–Kier alpha value is -1.59. The van der Waals surface area contributed by atoms with Gasteiger partial charge in [-0.05, 0) is 52.3 Å². The number of hydrogen-bond donors (Lipinski definition) is 0. The third-order valence-electron chi connectivity index (χ3n) is 3.02. The smallest absolute Gasteiger partial charge is 0.134 e. The second-order valence-electron chi connectivity index (χ2n) is 4.18. The summed E-state index contributed by atoms with van der Waals surface area (Å²) >= 11 is 5.22. The second-order valence-corrected chi connectivity index (χ2v) is 5.97. The van der Waals surface area contributed by atoms with Gasteiger partial charge in [0.05, 0.1) is 28.9 Å². The number of ether oxygens (including phenoxy) is 2. The van der Waals surface area contributed by atoms with E-state index in [4.69, 9.17) is 9.47 Å². The molecule has 0 aliphatic carbocycles. The number of hydrogen-bond acceptors (Lipinski definition) is 4. The van der Waals surface area contributed by atoms with Gasteiger partial charge in [0.25, 0.3) is 0 Å². The molecule has 3 aromatic rings. The zero-order chi connectivity index (χ0) is 14.1. The minimum absolute atomic E-state index is 0.822. The van der Waals surface area contributed by atoms with Crippen molar-refractivity contribution in [3.8, 4) is 22.1 Å². The fourth-order valence-corrected chi connectivity index (χ4v) is 3.70. The molecule has 5 heteroatoms. The lowest BCUT2D eigenvalue weighted by Gasteiger charge is -2.01. The van der Waals surface area contributed by atoms with Crippen LogP contribution in [0.5, 0.6) is 11.5 Å². The lowest BCUT2D eigenvalue weighted by atomic mass is 10.2. The van der Waals surface area contributed by atoms with Gasteiger partial charge < -0.3 is 9.47 Å². The first-order valence-electron chi connectivity index (χ1n) is 6.00. The number of fused-ring (bicyclic) bond motifs is 1. The molecule has 0 N–H and O–H groups in total. The van der Waals surface area contributed by atoms with E-state index in [1.807, 2.05) is 36.4 Å². The fourth-order valence-electron chi connectivity index (χ4n) is 1.96. The number of aromatic nitrogens is 1. The zero-order valence-corrected chi connectivity index (χ0v) is 13.4. The predicted octanol–water partition coefficient (Wildman–Crippen LogP) is 4.74. The van der Waals surface area contributed by atoms with Crippen LogP contribution in [0.1, 0.15) is 0 Å². The summed E-state index contributed by atoms with van der Waals surface area (Å²) in [6, 6.07) is 11.8. The highest BCUT2D eigenvalue weighted by Crippen LogP contribution is 2.39. The van der Waals surface area contributed by atoms with Gasteiger partial charge in [-0.3, -0.25) is 0 Å². The molecule has 0 aliphatic heterocycles. The van der Waals surface area contributed by atoms with Crippen LogP contribution in [-0.2, 0) is 0 Å². The first kappa shape index (κ1) is 13.4. The molecular weight excluding hydrogens is 338 g/mol. The van der Waals surface area contributed by atoms with E-state index in [0.29, 0.717) is 0 Å². The van der Waals surface area contributed by atoms with E-state index in [1.54, 1.807) is 25.6 Å². The summed E-state index contributed by atoms with van der Waals surface area (Å²) in [5.41, 5.74) is 2.05. The molecule has 0 saturated carbocycles. The maximum atomic E-state index is 5.31. The normalized spacial score (nSPS) is 10.8. The average molecular weight is 350 g/mol. The van der Waals surface area contributed by atoms with Crippen LogP contribution < -0.4 is 9.47 Å². The van der Waals surface area contributed by atoms with Crippen molar-refractivity contribution in [2.24, 2.45) is 0 Å². The van der Waals surface area contributed by atoms with E-state index < -0.39 is 0 Å². The Bertz CT molecular complexity index is 752. The summed E-state index contributed by atoms with van der Waals surface area (Å²) < 4.78 is 12.5. The SMILES string of the molecule is COc1ccc(-c2nc3ccc(OC)c(Br)c3s2)cc1. The predicted molar refractivity (Wildman–Crippen MR) is 85.9 cm³/mol. The molecule has 102 valence electrons. The van der Waals surface area contributed by atoms with Crippen LogP contribution in [-0.4, -0.2) is 19.2 Å². The van der Waals surface area contributed by atoms with Gasteiger partial charge in [-0.1, -0.05) is 0 Å². The quantitative estimate of drug-likeness (QED) is 0.684. The Morgan fingerprint density at radius 1 is 1.00 bits per heavy atom. The van der Waals surface area contributed by atoms with Gasteiger partial charge in [0, 0.05) is 5.56 Å². The van der Waals surface area contributed by atoms with Crippen LogP contribution in [0.4, 0.5) is 0 Å². The molecule has 0 saturated heterocycles. The Morgan fingerprint density at radius 2 is 1.75 bits per heavy atom. The third-order valence-corrected chi connectivity index (χ3v) is 5.21. The number of methoxy groups -OCH3 is 2. The van der Waals surface area contributed by atoms with Crippen molar-refractivity contribution >= 4 is 37.5 Å². The summed E-state index contributed by atoms with van der Waals surface area (Å²) in [6.07, 6.45) is 0. The average Bonchev–Trinajstić information content (AvgIpc) is 2.93. The van der Waals surface area contributed by atoms with Crippen molar-refractivity contribution in [3.63, 3.8) is 0 Å². The van der Waals surface area contributed by atoms with Crippen molar-refractivity contribution in [1.29, 1.82) is 0 Å². The van der Waals surface area contributed by atoms with E-state index in [9.17, 15) is 0 Å². The van der Waals surface area contributed by atoms with Crippen LogP contribution in [0, 0.1) is 0 Å². The largest absolute Gasteiger partial charge is 0.497 e. The number of nitrogens with zero attached hydrogens (tertiary/aromatic N) is 1. The summed E-state index contributed by atoms with van der Waals surface area (Å²) in [7, 11) is 3.33. The molecule has 1 heterocycles. The highest BCUT2D eigenvalue weighted by atomic mass is 79.9. The van der Waals surface area contributed by atoms with Crippen molar-refractivity contribution in [1.82, 2.24) is 4.98 Å². The lowest BCUT2D eigenvalue weighted by molar-refractivity contribution is 0.413. The summed E-state index contributed by atoms with van der Waals surface area (Å²) in [5.74, 6) is 1.67. The molecule has 2 aromatic carbocycles. The molecule has 0 radical (unpaired) electrons. The Morgan fingerprint density at radius 3 is 2.40 bits per heavy atom. The van der Waals surface area contributed by atoms with Crippen molar-refractivity contribution in [2.75, 3.05) is 14.2 Å². The fraction of sp³-hybridized carbons (Fsp3) is 0.133. The van der Waals surface area contributed by atoms with E-state index in [1.165, 1.54) is 0 Å². The maximum Gasteiger partial charge on any atom is 0.134 e. The minimum Gasteiger partial charge on any atom is -0.497 e. The molecule has 0 bridgehead atoms. The Balaban J connectivity index is 2.10. The summed E-state index contributed by atoms with van der Waals surface area (Å²) in [6.45, 7) is 0. The molecule has 0 aliphatic rings. The van der Waals surface area contributed by atoms with Gasteiger partial charge in [0.1, 0.15) is 16.5 Å². The molecule has 1 aromatic heterocycles. The van der Waals surface area contributed by atoms with Gasteiger partial charge in [0.15, 0.2) is 0 Å². The van der Waals surface area contributed by atoms with Crippen molar-refractivity contribution in [3.05, 3.63) is 40.9 Å². The molecule has 3 rings (SSSR count). The van der Waals surface area contributed by atoms with Crippen LogP contribution in [0.15, 0.2) is 40.9 Å². The van der Waals surface area contributed by atoms with Crippen LogP contribution in [0.3, 0.4) is 0 Å². The molecule has 0 fully saturated rings. The highest BCUT2D eigenvalue weighted by molar-refractivity contribution is 9.10. The highest BCUT2D eigenvalue weighted by Gasteiger charge is 2.12. The van der Waals surface area contributed by atoms with Crippen LogP contribution in [0.25, 0.3) is 20.8 Å². The standard InChI is InChI=1S/C15H12BrNO2S/c1-18-10-5-3-9(4-6-10)15-17-11-7-8-12(19-2)13(16)14(11)20-15/h3-8H,1-2H3. The molecule has 3 nitrogen and oxygen atoms in total. The monoisotopic (exact) mass is 349 g/mol. The minimum atomic E-state index is 0.822. The Kier molecular flexibility index (Phi) is 3.63. The van der Waals surface area contributed by atoms with Gasteiger partial charge in [-0.25, -0.2) is 4.98 Å². The van der Waals surface area contributed by atoms with E-state index in [-0.39, 0.29) is 0 Å². The van der Waals surface area contributed by atoms with E-state index >= 15 is 0 Å². The van der Waals surface area contributed by atoms with Crippen molar-refractivity contribution < 1.29 is 9.47 Å². The van der Waals surface area contributed by atoms with Gasteiger partial charge >= 0.3 is 0 Å².